The van der Waals surface area contributed by atoms with Crippen molar-refractivity contribution in [2.24, 2.45) is 0 Å². The fourth-order valence-electron chi connectivity index (χ4n) is 1.80. The standard InChI is InChI=1S/C15H15FN2O3/c1-21-10-6-7-17-13(8-10)15(20)18-9-14(19)11-4-2-3-5-12(11)16/h2-8,14,19H,9H2,1H3,(H,18,20). The molecule has 1 aromatic heterocycles. The molecule has 1 aromatic carbocycles. The minimum absolute atomic E-state index is 0.112. The first-order valence-electron chi connectivity index (χ1n) is 6.32. The Balaban J connectivity index is 1.99. The topological polar surface area (TPSA) is 71.5 Å². The number of nitrogens with one attached hydrogen (secondary N) is 1. The number of pyridine rings is 1. The lowest BCUT2D eigenvalue weighted by molar-refractivity contribution is 0.0909. The largest absolute Gasteiger partial charge is 0.497 e. The van der Waals surface area contributed by atoms with Gasteiger partial charge in [0.2, 0.25) is 0 Å². The van der Waals surface area contributed by atoms with Crippen LogP contribution in [0.2, 0.25) is 0 Å². The average Bonchev–Trinajstić information content (AvgIpc) is 2.52. The van der Waals surface area contributed by atoms with E-state index in [2.05, 4.69) is 10.3 Å². The van der Waals surface area contributed by atoms with Crippen LogP contribution >= 0.6 is 0 Å². The van der Waals surface area contributed by atoms with Gasteiger partial charge in [0, 0.05) is 24.4 Å². The molecule has 110 valence electrons. The highest BCUT2D eigenvalue weighted by Gasteiger charge is 2.14. The molecule has 21 heavy (non-hydrogen) atoms. The average molecular weight is 290 g/mol. The maximum absolute atomic E-state index is 13.5. The van der Waals surface area contributed by atoms with Crippen molar-refractivity contribution in [3.63, 3.8) is 0 Å². The van der Waals surface area contributed by atoms with Crippen LogP contribution in [0.15, 0.2) is 42.6 Å². The number of carbonyl (C=O) groups is 1. The molecule has 0 saturated carbocycles. The zero-order chi connectivity index (χ0) is 15.2. The predicted octanol–water partition coefficient (Wildman–Crippen LogP) is 1.69. The Labute approximate surface area is 121 Å². The van der Waals surface area contributed by atoms with Crippen LogP contribution < -0.4 is 10.1 Å². The SMILES string of the molecule is COc1ccnc(C(=O)NCC(O)c2ccccc2F)c1. The molecule has 0 aliphatic rings. The number of methoxy groups -OCH3 is 1. The number of nitrogens with zero attached hydrogens (tertiary/aromatic N) is 1. The van der Waals surface area contributed by atoms with Gasteiger partial charge in [0.1, 0.15) is 17.3 Å². The summed E-state index contributed by atoms with van der Waals surface area (Å²) in [5, 5.41) is 12.4. The van der Waals surface area contributed by atoms with Crippen molar-refractivity contribution in [3.8, 4) is 5.75 Å². The second-order valence-corrected chi connectivity index (χ2v) is 4.33. The van der Waals surface area contributed by atoms with Gasteiger partial charge in [-0.3, -0.25) is 9.78 Å². The maximum Gasteiger partial charge on any atom is 0.270 e. The quantitative estimate of drug-likeness (QED) is 0.879. The Bertz CT molecular complexity index is 634. The number of hydrogen-bond acceptors (Lipinski definition) is 4. The van der Waals surface area contributed by atoms with E-state index in [1.807, 2.05) is 0 Å². The van der Waals surface area contributed by atoms with Crippen molar-refractivity contribution >= 4 is 5.91 Å². The Morgan fingerprint density at radius 3 is 2.90 bits per heavy atom. The molecule has 6 heteroatoms. The van der Waals surface area contributed by atoms with Gasteiger partial charge in [0.05, 0.1) is 13.2 Å². The van der Waals surface area contributed by atoms with Crippen molar-refractivity contribution in [1.29, 1.82) is 0 Å². The molecular formula is C15H15FN2O3. The van der Waals surface area contributed by atoms with E-state index in [1.165, 1.54) is 37.6 Å². The van der Waals surface area contributed by atoms with Gasteiger partial charge in [-0.25, -0.2) is 4.39 Å². The number of ether oxygens (including phenoxy) is 1. The summed E-state index contributed by atoms with van der Waals surface area (Å²) in [6.45, 7) is -0.112. The van der Waals surface area contributed by atoms with Crippen molar-refractivity contribution in [2.45, 2.75) is 6.10 Å². The van der Waals surface area contributed by atoms with Gasteiger partial charge in [-0.15, -0.1) is 0 Å². The molecule has 2 N–H and O–H groups in total. The molecule has 5 nitrogen and oxygen atoms in total. The summed E-state index contributed by atoms with van der Waals surface area (Å²) in [6.07, 6.45) is 0.321. The smallest absolute Gasteiger partial charge is 0.270 e. The number of halogens is 1. The van der Waals surface area contributed by atoms with Gasteiger partial charge in [-0.2, -0.15) is 0 Å². The van der Waals surface area contributed by atoms with Gasteiger partial charge in [0.15, 0.2) is 0 Å². The van der Waals surface area contributed by atoms with Gasteiger partial charge in [-0.1, -0.05) is 18.2 Å². The van der Waals surface area contributed by atoms with E-state index in [1.54, 1.807) is 12.1 Å². The Kier molecular flexibility index (Phi) is 4.84. The highest BCUT2D eigenvalue weighted by Crippen LogP contribution is 2.16. The number of rotatable bonds is 5. The third kappa shape index (κ3) is 3.76. The summed E-state index contributed by atoms with van der Waals surface area (Å²) < 4.78 is 18.5. The number of carbonyl (C=O) groups excluding carboxylic acids is 1. The van der Waals surface area contributed by atoms with Gasteiger partial charge in [0.25, 0.3) is 5.91 Å². The van der Waals surface area contributed by atoms with Gasteiger partial charge in [-0.05, 0) is 12.1 Å². The molecule has 1 amide bonds. The summed E-state index contributed by atoms with van der Waals surface area (Å²) in [5.74, 6) is -0.479. The third-order valence-electron chi connectivity index (χ3n) is 2.92. The Morgan fingerprint density at radius 2 is 2.19 bits per heavy atom. The predicted molar refractivity (Wildman–Crippen MR) is 74.5 cm³/mol. The third-order valence-corrected chi connectivity index (χ3v) is 2.92. The molecule has 0 saturated heterocycles. The molecule has 0 aliphatic heterocycles. The van der Waals surface area contributed by atoms with Crippen LogP contribution in [0, 0.1) is 5.82 Å². The zero-order valence-electron chi connectivity index (χ0n) is 11.4. The minimum Gasteiger partial charge on any atom is -0.497 e. The summed E-state index contributed by atoms with van der Waals surface area (Å²) in [7, 11) is 1.49. The summed E-state index contributed by atoms with van der Waals surface area (Å²) in [6, 6.07) is 8.97. The molecule has 0 radical (unpaired) electrons. The molecule has 0 spiro atoms. The lowest BCUT2D eigenvalue weighted by Gasteiger charge is -2.13. The Morgan fingerprint density at radius 1 is 1.43 bits per heavy atom. The molecule has 0 fully saturated rings. The number of benzene rings is 1. The second-order valence-electron chi connectivity index (χ2n) is 4.33. The summed E-state index contributed by atoms with van der Waals surface area (Å²) in [4.78, 5) is 15.8. The second kappa shape index (κ2) is 6.81. The normalized spacial score (nSPS) is 11.8. The highest BCUT2D eigenvalue weighted by molar-refractivity contribution is 5.92. The van der Waals surface area contributed by atoms with Crippen molar-refractivity contribution in [3.05, 3.63) is 59.7 Å². The van der Waals surface area contributed by atoms with Crippen LogP contribution in [0.1, 0.15) is 22.2 Å². The van der Waals surface area contributed by atoms with Crippen LogP contribution in [0.3, 0.4) is 0 Å². The first kappa shape index (κ1) is 14.9. The van der Waals surface area contributed by atoms with Crippen molar-refractivity contribution < 1.29 is 19.0 Å². The number of amides is 1. The van der Waals surface area contributed by atoms with E-state index >= 15 is 0 Å². The summed E-state index contributed by atoms with van der Waals surface area (Å²) >= 11 is 0. The number of hydrogen-bond donors (Lipinski definition) is 2. The van der Waals surface area contributed by atoms with Crippen LogP contribution in [0.4, 0.5) is 4.39 Å². The van der Waals surface area contributed by atoms with E-state index in [9.17, 15) is 14.3 Å². The first-order valence-corrected chi connectivity index (χ1v) is 6.32. The van der Waals surface area contributed by atoms with E-state index in [-0.39, 0.29) is 17.8 Å². The molecule has 0 aliphatic carbocycles. The maximum atomic E-state index is 13.5. The van der Waals surface area contributed by atoms with E-state index in [0.29, 0.717) is 5.75 Å². The Hall–Kier alpha value is -2.47. The van der Waals surface area contributed by atoms with Crippen LogP contribution in [-0.4, -0.2) is 29.7 Å². The van der Waals surface area contributed by atoms with Crippen LogP contribution in [-0.2, 0) is 0 Å². The first-order chi connectivity index (χ1) is 10.1. The molecule has 1 atom stereocenters. The fraction of sp³-hybridized carbons (Fsp3) is 0.200. The minimum atomic E-state index is -1.12. The van der Waals surface area contributed by atoms with Crippen LogP contribution in [0.5, 0.6) is 5.75 Å². The monoisotopic (exact) mass is 290 g/mol. The molecule has 0 bridgehead atoms. The lowest BCUT2D eigenvalue weighted by atomic mass is 10.1. The number of aliphatic hydroxyl groups is 1. The van der Waals surface area contributed by atoms with Crippen molar-refractivity contribution in [1.82, 2.24) is 10.3 Å². The van der Waals surface area contributed by atoms with E-state index < -0.39 is 17.8 Å². The zero-order valence-corrected chi connectivity index (χ0v) is 11.4. The number of aliphatic hydroxyl groups excluding tert-OH is 1. The number of aromatic nitrogens is 1. The fourth-order valence-corrected chi connectivity index (χ4v) is 1.80. The highest BCUT2D eigenvalue weighted by atomic mass is 19.1. The summed E-state index contributed by atoms with van der Waals surface area (Å²) in [5.41, 5.74) is 0.298. The molecule has 1 unspecified atom stereocenters. The molecular weight excluding hydrogens is 275 g/mol. The van der Waals surface area contributed by atoms with Gasteiger partial charge < -0.3 is 15.2 Å². The molecule has 2 rings (SSSR count). The van der Waals surface area contributed by atoms with Crippen molar-refractivity contribution in [2.75, 3.05) is 13.7 Å². The van der Waals surface area contributed by atoms with Crippen LogP contribution in [0.25, 0.3) is 0 Å². The molecule has 2 aromatic rings. The van der Waals surface area contributed by atoms with E-state index in [4.69, 9.17) is 4.74 Å². The lowest BCUT2D eigenvalue weighted by Crippen LogP contribution is -2.29. The van der Waals surface area contributed by atoms with Gasteiger partial charge >= 0.3 is 0 Å². The molecule has 1 heterocycles. The van der Waals surface area contributed by atoms with E-state index in [0.717, 1.165) is 0 Å².